The maximum atomic E-state index is 12.8. The van der Waals surface area contributed by atoms with Crippen LogP contribution in [0.1, 0.15) is 25.8 Å². The predicted octanol–water partition coefficient (Wildman–Crippen LogP) is 2.59. The molecule has 1 aliphatic heterocycles. The largest absolute Gasteiger partial charge is 0.316 e. The number of nitrogens with zero attached hydrogens (tertiary/aromatic N) is 1. The number of hydrogen-bond donors (Lipinski definition) is 1. The molecular formula is C14H21BrN2O2S. The van der Waals surface area contributed by atoms with Gasteiger partial charge in [0.2, 0.25) is 10.0 Å². The van der Waals surface area contributed by atoms with Gasteiger partial charge in [-0.2, -0.15) is 4.31 Å². The van der Waals surface area contributed by atoms with Gasteiger partial charge < -0.3 is 5.32 Å². The van der Waals surface area contributed by atoms with Crippen LogP contribution >= 0.6 is 15.9 Å². The van der Waals surface area contributed by atoms with Crippen LogP contribution in [0, 0.1) is 5.41 Å². The summed E-state index contributed by atoms with van der Waals surface area (Å²) in [6, 6.07) is 5.48. The molecule has 0 saturated carbocycles. The summed E-state index contributed by atoms with van der Waals surface area (Å²) < 4.78 is 27.8. The van der Waals surface area contributed by atoms with Gasteiger partial charge >= 0.3 is 0 Å². The van der Waals surface area contributed by atoms with Crippen molar-refractivity contribution < 1.29 is 8.42 Å². The van der Waals surface area contributed by atoms with Crippen LogP contribution in [-0.2, 0) is 16.6 Å². The Hall–Kier alpha value is -0.430. The fourth-order valence-electron chi connectivity index (χ4n) is 2.47. The Morgan fingerprint density at radius 3 is 2.65 bits per heavy atom. The van der Waals surface area contributed by atoms with E-state index in [9.17, 15) is 8.42 Å². The molecule has 1 aliphatic rings. The number of benzene rings is 1. The Balaban J connectivity index is 2.37. The molecule has 1 saturated heterocycles. The molecule has 1 heterocycles. The minimum absolute atomic E-state index is 0.0577. The van der Waals surface area contributed by atoms with E-state index in [2.05, 4.69) is 35.1 Å². The molecule has 112 valence electrons. The minimum Gasteiger partial charge on any atom is -0.316 e. The first kappa shape index (κ1) is 15.9. The Labute approximate surface area is 129 Å². The van der Waals surface area contributed by atoms with Crippen LogP contribution in [0.25, 0.3) is 0 Å². The topological polar surface area (TPSA) is 49.4 Å². The normalized spacial score (nSPS) is 19.4. The monoisotopic (exact) mass is 360 g/mol. The summed E-state index contributed by atoms with van der Waals surface area (Å²) in [4.78, 5) is 0.364. The van der Waals surface area contributed by atoms with Crippen LogP contribution in [0.3, 0.4) is 0 Å². The fraction of sp³-hybridized carbons (Fsp3) is 0.571. The molecule has 0 aliphatic carbocycles. The van der Waals surface area contributed by atoms with E-state index in [0.29, 0.717) is 29.0 Å². The summed E-state index contributed by atoms with van der Waals surface area (Å²) in [5, 5.41) is 3.04. The maximum absolute atomic E-state index is 12.8. The van der Waals surface area contributed by atoms with E-state index >= 15 is 0 Å². The van der Waals surface area contributed by atoms with Crippen molar-refractivity contribution in [2.75, 3.05) is 20.1 Å². The second kappa shape index (κ2) is 5.75. The van der Waals surface area contributed by atoms with Crippen molar-refractivity contribution >= 4 is 26.0 Å². The molecule has 1 aromatic rings. The molecule has 2 rings (SSSR count). The Morgan fingerprint density at radius 1 is 1.40 bits per heavy atom. The zero-order valence-electron chi connectivity index (χ0n) is 12.1. The SMILES string of the molecule is CNCc1ccc(Br)c(S(=O)(=O)N2CCC(C)(C)C2)c1. The smallest absolute Gasteiger partial charge is 0.244 e. The van der Waals surface area contributed by atoms with Gasteiger partial charge in [0.25, 0.3) is 0 Å². The third-order valence-corrected chi connectivity index (χ3v) is 6.48. The van der Waals surface area contributed by atoms with E-state index in [1.807, 2.05) is 13.1 Å². The fourth-order valence-corrected chi connectivity index (χ4v) is 5.07. The second-order valence-corrected chi connectivity index (χ2v) is 8.81. The first-order chi connectivity index (χ1) is 9.26. The highest BCUT2D eigenvalue weighted by molar-refractivity contribution is 9.10. The number of hydrogen-bond acceptors (Lipinski definition) is 3. The molecule has 0 spiro atoms. The molecule has 0 atom stereocenters. The number of halogens is 1. The molecule has 20 heavy (non-hydrogen) atoms. The number of nitrogens with one attached hydrogen (secondary N) is 1. The zero-order valence-corrected chi connectivity index (χ0v) is 14.5. The van der Waals surface area contributed by atoms with E-state index in [4.69, 9.17) is 0 Å². The van der Waals surface area contributed by atoms with Crippen LogP contribution in [0.4, 0.5) is 0 Å². The summed E-state index contributed by atoms with van der Waals surface area (Å²) in [5.41, 5.74) is 1.02. The molecule has 1 aromatic carbocycles. The lowest BCUT2D eigenvalue weighted by molar-refractivity contribution is 0.375. The molecule has 0 aromatic heterocycles. The standard InChI is InChI=1S/C14H21BrN2O2S/c1-14(2)6-7-17(10-14)20(18,19)13-8-11(9-16-3)4-5-12(13)15/h4-5,8,16H,6-7,9-10H2,1-3H3. The van der Waals surface area contributed by atoms with E-state index in [0.717, 1.165) is 12.0 Å². The average molecular weight is 361 g/mol. The Kier molecular flexibility index (Phi) is 4.59. The number of sulfonamides is 1. The lowest BCUT2D eigenvalue weighted by Gasteiger charge is -2.20. The van der Waals surface area contributed by atoms with Gasteiger partial charge in [-0.05, 0) is 52.5 Å². The second-order valence-electron chi connectivity index (χ2n) is 6.05. The quantitative estimate of drug-likeness (QED) is 0.897. The number of rotatable bonds is 4. The van der Waals surface area contributed by atoms with Gasteiger partial charge in [-0.25, -0.2) is 8.42 Å². The first-order valence-corrected chi connectivity index (χ1v) is 8.93. The molecule has 0 amide bonds. The van der Waals surface area contributed by atoms with Crippen molar-refractivity contribution in [3.63, 3.8) is 0 Å². The van der Waals surface area contributed by atoms with Crippen molar-refractivity contribution in [2.45, 2.75) is 31.7 Å². The highest BCUT2D eigenvalue weighted by Gasteiger charge is 2.37. The van der Waals surface area contributed by atoms with Gasteiger partial charge in [-0.15, -0.1) is 0 Å². The van der Waals surface area contributed by atoms with Crippen LogP contribution in [0.5, 0.6) is 0 Å². The Bertz CT molecular complexity index is 599. The van der Waals surface area contributed by atoms with E-state index in [-0.39, 0.29) is 5.41 Å². The van der Waals surface area contributed by atoms with E-state index in [1.165, 1.54) is 0 Å². The molecule has 0 radical (unpaired) electrons. The van der Waals surface area contributed by atoms with Crippen LogP contribution in [0.15, 0.2) is 27.6 Å². The summed E-state index contributed by atoms with van der Waals surface area (Å²) in [5.74, 6) is 0. The molecule has 1 fully saturated rings. The van der Waals surface area contributed by atoms with Crippen molar-refractivity contribution in [1.29, 1.82) is 0 Å². The van der Waals surface area contributed by atoms with Crippen molar-refractivity contribution in [3.8, 4) is 0 Å². The third-order valence-electron chi connectivity index (χ3n) is 3.64. The Morgan fingerprint density at radius 2 is 2.10 bits per heavy atom. The summed E-state index contributed by atoms with van der Waals surface area (Å²) in [6.45, 7) is 6.04. The lowest BCUT2D eigenvalue weighted by Crippen LogP contribution is -2.30. The molecule has 1 N–H and O–H groups in total. The van der Waals surface area contributed by atoms with Gasteiger partial charge in [-0.3, -0.25) is 0 Å². The maximum Gasteiger partial charge on any atom is 0.244 e. The van der Waals surface area contributed by atoms with Gasteiger partial charge in [0.1, 0.15) is 0 Å². The van der Waals surface area contributed by atoms with Gasteiger partial charge in [0.05, 0.1) is 4.90 Å². The highest BCUT2D eigenvalue weighted by atomic mass is 79.9. The van der Waals surface area contributed by atoms with Gasteiger partial charge in [0.15, 0.2) is 0 Å². The molecule has 0 unspecified atom stereocenters. The van der Waals surface area contributed by atoms with E-state index < -0.39 is 10.0 Å². The molecular weight excluding hydrogens is 340 g/mol. The van der Waals surface area contributed by atoms with Crippen molar-refractivity contribution in [2.24, 2.45) is 5.41 Å². The van der Waals surface area contributed by atoms with Crippen molar-refractivity contribution in [1.82, 2.24) is 9.62 Å². The summed E-state index contributed by atoms with van der Waals surface area (Å²) in [7, 11) is -1.58. The van der Waals surface area contributed by atoms with Crippen LogP contribution in [-0.4, -0.2) is 32.9 Å². The molecule has 4 nitrogen and oxygen atoms in total. The van der Waals surface area contributed by atoms with Crippen LogP contribution < -0.4 is 5.32 Å². The minimum atomic E-state index is -3.42. The molecule has 0 bridgehead atoms. The first-order valence-electron chi connectivity index (χ1n) is 6.69. The third kappa shape index (κ3) is 3.24. The summed E-state index contributed by atoms with van der Waals surface area (Å²) in [6.07, 6.45) is 0.903. The van der Waals surface area contributed by atoms with E-state index in [1.54, 1.807) is 16.4 Å². The van der Waals surface area contributed by atoms with Gasteiger partial charge in [-0.1, -0.05) is 19.9 Å². The summed E-state index contributed by atoms with van der Waals surface area (Å²) >= 11 is 3.37. The average Bonchev–Trinajstić information content (AvgIpc) is 2.73. The van der Waals surface area contributed by atoms with Crippen molar-refractivity contribution in [3.05, 3.63) is 28.2 Å². The van der Waals surface area contributed by atoms with Gasteiger partial charge in [0, 0.05) is 24.1 Å². The van der Waals surface area contributed by atoms with Crippen LogP contribution in [0.2, 0.25) is 0 Å². The molecule has 6 heteroatoms. The predicted molar refractivity (Wildman–Crippen MR) is 84.1 cm³/mol. The lowest BCUT2D eigenvalue weighted by atomic mass is 9.93. The zero-order chi connectivity index (χ0) is 15.0. The highest BCUT2D eigenvalue weighted by Crippen LogP contribution is 2.34.